The van der Waals surface area contributed by atoms with Gasteiger partial charge in [0.15, 0.2) is 0 Å². The average Bonchev–Trinajstić information content (AvgIpc) is 2.74. The van der Waals surface area contributed by atoms with Crippen molar-refractivity contribution in [1.29, 1.82) is 0 Å². The average molecular weight is 346 g/mol. The molecule has 102 valence electrons. The Bertz CT molecular complexity index is 697. The number of aryl methyl sites for hydroxylation is 1. The maximum Gasteiger partial charge on any atom is 0.265 e. The van der Waals surface area contributed by atoms with Crippen LogP contribution in [0.2, 0.25) is 0 Å². The molecule has 0 aliphatic carbocycles. The van der Waals surface area contributed by atoms with Crippen LogP contribution in [0, 0.1) is 6.92 Å². The summed E-state index contributed by atoms with van der Waals surface area (Å²) in [5.41, 5.74) is 5.83. The zero-order valence-electron chi connectivity index (χ0n) is 10.1. The van der Waals surface area contributed by atoms with Crippen LogP contribution in [0.5, 0.6) is 0 Å². The van der Waals surface area contributed by atoms with Crippen LogP contribution in [0.25, 0.3) is 0 Å². The summed E-state index contributed by atoms with van der Waals surface area (Å²) in [6.45, 7) is 1.73. The molecular weight excluding hydrogens is 334 g/mol. The van der Waals surface area contributed by atoms with Gasteiger partial charge in [0.25, 0.3) is 10.0 Å². The van der Waals surface area contributed by atoms with Crippen LogP contribution in [0.15, 0.2) is 38.3 Å². The highest BCUT2D eigenvalue weighted by Crippen LogP contribution is 2.26. The lowest BCUT2D eigenvalue weighted by Gasteiger charge is -2.08. The summed E-state index contributed by atoms with van der Waals surface area (Å²) in [7, 11) is -3.71. The molecule has 3 N–H and O–H groups in total. The van der Waals surface area contributed by atoms with Gasteiger partial charge in [-0.05, 0) is 28.9 Å². The second-order valence-corrected chi connectivity index (χ2v) is 6.30. The van der Waals surface area contributed by atoms with Crippen LogP contribution in [0.4, 0.5) is 5.69 Å². The van der Waals surface area contributed by atoms with Crippen molar-refractivity contribution in [2.24, 2.45) is 5.73 Å². The van der Waals surface area contributed by atoms with Crippen molar-refractivity contribution in [2.75, 3.05) is 4.72 Å². The standard InChI is InChI=1S/C11H12BrN3O3S/c1-7-11(4-8(5-13)18-7)19(16,17)15-10-2-3-14-6-9(10)12/h2-4,6H,5,13H2,1H3,(H,14,15). The van der Waals surface area contributed by atoms with Gasteiger partial charge in [0.05, 0.1) is 16.7 Å². The molecule has 0 bridgehead atoms. The van der Waals surface area contributed by atoms with Gasteiger partial charge in [-0.15, -0.1) is 0 Å². The second kappa shape index (κ2) is 5.32. The molecule has 2 rings (SSSR count). The minimum atomic E-state index is -3.71. The van der Waals surface area contributed by atoms with Crippen LogP contribution in [0.3, 0.4) is 0 Å². The first-order valence-electron chi connectivity index (χ1n) is 5.36. The highest BCUT2D eigenvalue weighted by molar-refractivity contribution is 9.10. The molecule has 0 radical (unpaired) electrons. The summed E-state index contributed by atoms with van der Waals surface area (Å²) in [4.78, 5) is 3.95. The maximum absolute atomic E-state index is 12.3. The van der Waals surface area contributed by atoms with Crippen molar-refractivity contribution >= 4 is 31.6 Å². The number of rotatable bonds is 4. The van der Waals surface area contributed by atoms with Crippen LogP contribution < -0.4 is 10.5 Å². The molecule has 0 aliphatic heterocycles. The molecule has 0 spiro atoms. The van der Waals surface area contributed by atoms with E-state index in [-0.39, 0.29) is 11.4 Å². The number of nitrogens with zero attached hydrogens (tertiary/aromatic N) is 1. The van der Waals surface area contributed by atoms with E-state index in [1.54, 1.807) is 13.0 Å². The summed E-state index contributed by atoms with van der Waals surface area (Å²) in [5, 5.41) is 0. The smallest absolute Gasteiger partial charge is 0.265 e. The Morgan fingerprint density at radius 3 is 2.84 bits per heavy atom. The van der Waals surface area contributed by atoms with Crippen LogP contribution in [-0.2, 0) is 16.6 Å². The number of pyridine rings is 1. The van der Waals surface area contributed by atoms with Crippen LogP contribution in [0.1, 0.15) is 11.5 Å². The molecule has 19 heavy (non-hydrogen) atoms. The largest absolute Gasteiger partial charge is 0.464 e. The van der Waals surface area contributed by atoms with Gasteiger partial charge in [-0.3, -0.25) is 9.71 Å². The van der Waals surface area contributed by atoms with Crippen molar-refractivity contribution in [1.82, 2.24) is 4.98 Å². The molecule has 0 aliphatic rings. The summed E-state index contributed by atoms with van der Waals surface area (Å²) in [6.07, 6.45) is 3.00. The van der Waals surface area contributed by atoms with E-state index < -0.39 is 10.0 Å². The number of sulfonamides is 1. The molecule has 0 amide bonds. The Hall–Kier alpha value is -1.38. The first-order valence-corrected chi connectivity index (χ1v) is 7.63. The molecule has 0 saturated heterocycles. The highest BCUT2D eigenvalue weighted by atomic mass is 79.9. The van der Waals surface area contributed by atoms with E-state index in [4.69, 9.17) is 10.2 Å². The molecule has 2 heterocycles. The number of nitrogens with one attached hydrogen (secondary N) is 1. The summed E-state index contributed by atoms with van der Waals surface area (Å²) < 4.78 is 32.8. The van der Waals surface area contributed by atoms with Gasteiger partial charge in [0.2, 0.25) is 0 Å². The molecule has 0 atom stereocenters. The third-order valence-electron chi connectivity index (χ3n) is 2.43. The number of nitrogens with two attached hydrogens (primary N) is 1. The third kappa shape index (κ3) is 2.96. The van der Waals surface area contributed by atoms with Gasteiger partial charge in [0.1, 0.15) is 16.4 Å². The highest BCUT2D eigenvalue weighted by Gasteiger charge is 2.22. The number of hydrogen-bond donors (Lipinski definition) is 2. The van der Waals surface area contributed by atoms with Crippen molar-refractivity contribution in [2.45, 2.75) is 18.4 Å². The summed E-state index contributed by atoms with van der Waals surface area (Å²) in [6, 6.07) is 2.98. The van der Waals surface area contributed by atoms with Crippen molar-refractivity contribution < 1.29 is 12.8 Å². The molecule has 2 aromatic heterocycles. The number of furan rings is 1. The second-order valence-electron chi connectivity index (χ2n) is 3.80. The number of halogens is 1. The van der Waals surface area contributed by atoms with E-state index in [9.17, 15) is 8.42 Å². The SMILES string of the molecule is Cc1oc(CN)cc1S(=O)(=O)Nc1ccncc1Br. The van der Waals surface area contributed by atoms with E-state index in [0.717, 1.165) is 0 Å². The van der Waals surface area contributed by atoms with Gasteiger partial charge in [-0.1, -0.05) is 0 Å². The van der Waals surface area contributed by atoms with Gasteiger partial charge in [-0.25, -0.2) is 8.42 Å². The van der Waals surface area contributed by atoms with Gasteiger partial charge < -0.3 is 10.2 Å². The molecule has 0 fully saturated rings. The summed E-state index contributed by atoms with van der Waals surface area (Å²) in [5.74, 6) is 0.727. The minimum absolute atomic E-state index is 0.0802. The maximum atomic E-state index is 12.3. The number of hydrogen-bond acceptors (Lipinski definition) is 5. The lowest BCUT2D eigenvalue weighted by molar-refractivity contribution is 0.479. The normalized spacial score (nSPS) is 11.5. The van der Waals surface area contributed by atoms with E-state index >= 15 is 0 Å². The van der Waals surface area contributed by atoms with E-state index in [2.05, 4.69) is 25.6 Å². The Labute approximate surface area is 119 Å². The van der Waals surface area contributed by atoms with Crippen molar-refractivity contribution in [3.63, 3.8) is 0 Å². The van der Waals surface area contributed by atoms with Crippen molar-refractivity contribution in [3.8, 4) is 0 Å². The van der Waals surface area contributed by atoms with E-state index in [0.29, 0.717) is 21.7 Å². The monoisotopic (exact) mass is 345 g/mol. The predicted octanol–water partition coefficient (Wildman–Crippen LogP) is 2.01. The fourth-order valence-electron chi connectivity index (χ4n) is 1.55. The zero-order valence-corrected chi connectivity index (χ0v) is 12.5. The quantitative estimate of drug-likeness (QED) is 0.882. The molecule has 0 unspecified atom stereocenters. The number of aromatic nitrogens is 1. The Balaban J connectivity index is 2.38. The van der Waals surface area contributed by atoms with Crippen molar-refractivity contribution in [3.05, 3.63) is 40.5 Å². The predicted molar refractivity (Wildman–Crippen MR) is 74.1 cm³/mol. The molecule has 6 nitrogen and oxygen atoms in total. The Kier molecular flexibility index (Phi) is 3.93. The van der Waals surface area contributed by atoms with Gasteiger partial charge >= 0.3 is 0 Å². The first kappa shape index (κ1) is 14.0. The molecule has 0 saturated carbocycles. The number of anilines is 1. The molecule has 8 heteroatoms. The minimum Gasteiger partial charge on any atom is -0.464 e. The van der Waals surface area contributed by atoms with Crippen LogP contribution >= 0.6 is 15.9 Å². The Morgan fingerprint density at radius 2 is 2.26 bits per heavy atom. The van der Waals surface area contributed by atoms with E-state index in [1.165, 1.54) is 18.5 Å². The van der Waals surface area contributed by atoms with E-state index in [1.807, 2.05) is 0 Å². The van der Waals surface area contributed by atoms with Gasteiger partial charge in [-0.2, -0.15) is 0 Å². The summed E-state index contributed by atoms with van der Waals surface area (Å²) >= 11 is 3.23. The first-order chi connectivity index (χ1) is 8.94. The van der Waals surface area contributed by atoms with Crippen LogP contribution in [-0.4, -0.2) is 13.4 Å². The molecule has 0 aromatic carbocycles. The lowest BCUT2D eigenvalue weighted by atomic mass is 10.4. The fraction of sp³-hybridized carbons (Fsp3) is 0.182. The molecular formula is C11H12BrN3O3S. The third-order valence-corrected chi connectivity index (χ3v) is 4.54. The topological polar surface area (TPSA) is 98.2 Å². The Morgan fingerprint density at radius 1 is 1.53 bits per heavy atom. The molecule has 2 aromatic rings. The van der Waals surface area contributed by atoms with Gasteiger partial charge in [0, 0.05) is 18.5 Å². The zero-order chi connectivity index (χ0) is 14.0. The lowest BCUT2D eigenvalue weighted by Crippen LogP contribution is -2.13. The fourth-order valence-corrected chi connectivity index (χ4v) is 3.31.